The molecule has 1 aromatic rings. The zero-order chi connectivity index (χ0) is 23.3. The molecule has 1 aliphatic carbocycles. The first-order valence-corrected chi connectivity index (χ1v) is 10.8. The Morgan fingerprint density at radius 3 is 2.09 bits per heavy atom. The fraction of sp³-hybridized carbons (Fsp3) is 0.167. The molecule has 1 aliphatic rings. The molecule has 164 valence electrons. The normalized spacial score (nSPS) is 14.8. The van der Waals surface area contributed by atoms with Crippen molar-refractivity contribution in [2.75, 3.05) is 33.1 Å². The van der Waals surface area contributed by atoms with E-state index in [0.717, 1.165) is 11.1 Å². The van der Waals surface area contributed by atoms with Crippen molar-refractivity contribution in [3.8, 4) is 0 Å². The van der Waals surface area contributed by atoms with E-state index in [-0.39, 0.29) is 0 Å². The molecule has 32 heavy (non-hydrogen) atoms. The van der Waals surface area contributed by atoms with Crippen LogP contribution in [0.1, 0.15) is 12.5 Å². The first-order valence-electron chi connectivity index (χ1n) is 10.8. The highest BCUT2D eigenvalue weighted by Gasteiger charge is 2.03. The summed E-state index contributed by atoms with van der Waals surface area (Å²) in [7, 11) is 8.21. The van der Waals surface area contributed by atoms with E-state index in [4.69, 9.17) is 0 Å². The smallest absolute Gasteiger partial charge is 0.199 e. The number of benzene rings is 1. The van der Waals surface area contributed by atoms with Crippen molar-refractivity contribution in [2.45, 2.75) is 6.92 Å². The maximum Gasteiger partial charge on any atom is 0.199 e. The number of nitrogens with zero attached hydrogens (tertiary/aromatic N) is 2. The highest BCUT2D eigenvalue weighted by atomic mass is 15.1. The van der Waals surface area contributed by atoms with Gasteiger partial charge in [-0.05, 0) is 53.5 Å². The minimum atomic E-state index is 1.12. The largest absolute Gasteiger partial charge is 0.378 e. The molecule has 0 radical (unpaired) electrons. The SMILES string of the molecule is C=C\C=C/C(/C=C/C(=C\C=C1C=CC(=[N+](C)C)C=C1)/C=C/c1ccc(N(C)C)cc1)=C\C. The Labute approximate surface area is 194 Å². The molecule has 0 amide bonds. The van der Waals surface area contributed by atoms with Gasteiger partial charge in [0.25, 0.3) is 0 Å². The molecular weight excluding hydrogens is 388 g/mol. The van der Waals surface area contributed by atoms with Crippen LogP contribution in [0, 0.1) is 0 Å². The summed E-state index contributed by atoms with van der Waals surface area (Å²) in [6.07, 6.45) is 29.3. The van der Waals surface area contributed by atoms with Crippen LogP contribution in [-0.4, -0.2) is 38.5 Å². The van der Waals surface area contributed by atoms with Gasteiger partial charge in [-0.15, -0.1) is 0 Å². The van der Waals surface area contributed by atoms with Crippen LogP contribution in [-0.2, 0) is 0 Å². The molecule has 2 rings (SSSR count). The maximum absolute atomic E-state index is 3.75. The van der Waals surface area contributed by atoms with E-state index in [1.165, 1.54) is 22.5 Å². The van der Waals surface area contributed by atoms with Gasteiger partial charge in [-0.3, -0.25) is 0 Å². The Morgan fingerprint density at radius 1 is 0.875 bits per heavy atom. The monoisotopic (exact) mass is 423 g/mol. The van der Waals surface area contributed by atoms with Gasteiger partial charge in [-0.2, -0.15) is 0 Å². The van der Waals surface area contributed by atoms with Crippen molar-refractivity contribution in [3.63, 3.8) is 0 Å². The molecule has 0 saturated carbocycles. The van der Waals surface area contributed by atoms with Gasteiger partial charge in [0.15, 0.2) is 5.71 Å². The Hall–Kier alpha value is -3.65. The molecular formula is C30H35N2+. The second-order valence-corrected chi connectivity index (χ2v) is 7.86. The topological polar surface area (TPSA) is 6.25 Å². The molecule has 0 N–H and O–H groups in total. The van der Waals surface area contributed by atoms with E-state index in [1.807, 2.05) is 13.0 Å². The third kappa shape index (κ3) is 8.23. The van der Waals surface area contributed by atoms with Gasteiger partial charge in [-0.25, -0.2) is 4.58 Å². The van der Waals surface area contributed by atoms with Gasteiger partial charge in [-0.1, -0.05) is 79.5 Å². The first kappa shape index (κ1) is 24.6. The summed E-state index contributed by atoms with van der Waals surface area (Å²) >= 11 is 0. The van der Waals surface area contributed by atoms with Gasteiger partial charge in [0.2, 0.25) is 0 Å². The average molecular weight is 424 g/mol. The van der Waals surface area contributed by atoms with Crippen molar-refractivity contribution in [1.82, 2.24) is 0 Å². The summed E-state index contributed by atoms with van der Waals surface area (Å²) in [6, 6.07) is 8.55. The van der Waals surface area contributed by atoms with Crippen LogP contribution in [0.25, 0.3) is 6.08 Å². The third-order valence-electron chi connectivity index (χ3n) is 4.98. The Balaban J connectivity index is 2.31. The predicted molar refractivity (Wildman–Crippen MR) is 144 cm³/mol. The molecule has 0 saturated heterocycles. The van der Waals surface area contributed by atoms with E-state index in [0.29, 0.717) is 0 Å². The molecule has 1 aromatic carbocycles. The number of hydrogen-bond acceptors (Lipinski definition) is 1. The summed E-state index contributed by atoms with van der Waals surface area (Å²) in [5.41, 5.74) is 6.98. The maximum atomic E-state index is 3.75. The van der Waals surface area contributed by atoms with E-state index in [1.54, 1.807) is 6.08 Å². The van der Waals surface area contributed by atoms with Gasteiger partial charge in [0, 0.05) is 31.9 Å². The number of allylic oxidation sites excluding steroid dienone is 16. The van der Waals surface area contributed by atoms with Crippen molar-refractivity contribution < 1.29 is 4.58 Å². The molecule has 0 aliphatic heterocycles. The number of hydrogen-bond donors (Lipinski definition) is 0. The molecule has 0 spiro atoms. The van der Waals surface area contributed by atoms with Crippen molar-refractivity contribution >= 4 is 17.5 Å². The first-order chi connectivity index (χ1) is 15.4. The van der Waals surface area contributed by atoms with Crippen molar-refractivity contribution in [2.24, 2.45) is 0 Å². The van der Waals surface area contributed by atoms with Gasteiger partial charge in [0.05, 0.1) is 0 Å². The molecule has 2 nitrogen and oxygen atoms in total. The molecule has 0 aromatic heterocycles. The zero-order valence-electron chi connectivity index (χ0n) is 20.0. The summed E-state index contributed by atoms with van der Waals surface area (Å²) in [5.74, 6) is 0. The summed E-state index contributed by atoms with van der Waals surface area (Å²) in [5, 5.41) is 0. The molecule has 0 bridgehead atoms. The number of anilines is 1. The van der Waals surface area contributed by atoms with Crippen molar-refractivity contribution in [1.29, 1.82) is 0 Å². The van der Waals surface area contributed by atoms with E-state index in [9.17, 15) is 0 Å². The van der Waals surface area contributed by atoms with Crippen LogP contribution in [0.15, 0.2) is 127 Å². The zero-order valence-corrected chi connectivity index (χ0v) is 20.0. The van der Waals surface area contributed by atoms with E-state index >= 15 is 0 Å². The summed E-state index contributed by atoms with van der Waals surface area (Å²) in [4.78, 5) is 2.10. The Morgan fingerprint density at radius 2 is 1.53 bits per heavy atom. The lowest BCUT2D eigenvalue weighted by Gasteiger charge is -2.11. The van der Waals surface area contributed by atoms with Crippen molar-refractivity contribution in [3.05, 3.63) is 132 Å². The standard InChI is InChI=1S/C30H35N2/c1-7-9-10-25(8-2)11-12-26(13-15-27-17-21-29(22-18-27)31(3)4)14-16-28-19-23-30(24-20-28)32(5)6/h7-24H,1H2,2-6H3/q+1/b10-9-,12-11+,25-8+. The lowest BCUT2D eigenvalue weighted by Crippen LogP contribution is -2.09. The summed E-state index contributed by atoms with van der Waals surface area (Å²) < 4.78 is 2.10. The van der Waals surface area contributed by atoms with E-state index in [2.05, 4.69) is 141 Å². The third-order valence-corrected chi connectivity index (χ3v) is 4.98. The molecule has 0 unspecified atom stereocenters. The van der Waals surface area contributed by atoms with Gasteiger partial charge >= 0.3 is 0 Å². The Bertz CT molecular complexity index is 1040. The van der Waals surface area contributed by atoms with Gasteiger partial charge in [0.1, 0.15) is 14.1 Å². The van der Waals surface area contributed by atoms with Crippen LogP contribution in [0.5, 0.6) is 0 Å². The molecule has 0 fully saturated rings. The molecule has 0 heterocycles. The van der Waals surface area contributed by atoms with Crippen LogP contribution >= 0.6 is 0 Å². The fourth-order valence-electron chi connectivity index (χ4n) is 2.94. The van der Waals surface area contributed by atoms with E-state index < -0.39 is 0 Å². The molecule has 0 atom stereocenters. The average Bonchev–Trinajstić information content (AvgIpc) is 2.80. The van der Waals surface area contributed by atoms with Crippen LogP contribution in [0.4, 0.5) is 5.69 Å². The minimum absolute atomic E-state index is 1.12. The second kappa shape index (κ2) is 12.9. The second-order valence-electron chi connectivity index (χ2n) is 7.86. The highest BCUT2D eigenvalue weighted by molar-refractivity contribution is 6.02. The predicted octanol–water partition coefficient (Wildman–Crippen LogP) is 6.70. The lowest BCUT2D eigenvalue weighted by atomic mass is 10.1. The highest BCUT2D eigenvalue weighted by Crippen LogP contribution is 2.15. The van der Waals surface area contributed by atoms with Crippen LogP contribution in [0.3, 0.4) is 0 Å². The Kier molecular flexibility index (Phi) is 9.93. The lowest BCUT2D eigenvalue weighted by molar-refractivity contribution is -0.462. The quantitative estimate of drug-likeness (QED) is 0.333. The fourth-order valence-corrected chi connectivity index (χ4v) is 2.94. The van der Waals surface area contributed by atoms with Crippen LogP contribution in [0.2, 0.25) is 0 Å². The number of rotatable bonds is 8. The minimum Gasteiger partial charge on any atom is -0.378 e. The molecule has 2 heteroatoms. The summed E-state index contributed by atoms with van der Waals surface area (Å²) in [6.45, 7) is 5.79. The van der Waals surface area contributed by atoms with Gasteiger partial charge < -0.3 is 4.90 Å². The van der Waals surface area contributed by atoms with Crippen LogP contribution < -0.4 is 4.90 Å².